The van der Waals surface area contributed by atoms with Gasteiger partial charge in [-0.3, -0.25) is 9.36 Å². The van der Waals surface area contributed by atoms with Gasteiger partial charge in [0.15, 0.2) is 11.0 Å². The van der Waals surface area contributed by atoms with Crippen LogP contribution < -0.4 is 10.6 Å². The number of hydrogen-bond acceptors (Lipinski definition) is 5. The minimum absolute atomic E-state index is 0.0841. The van der Waals surface area contributed by atoms with Crippen molar-refractivity contribution in [1.29, 1.82) is 0 Å². The topological polar surface area (TPSA) is 71.8 Å². The summed E-state index contributed by atoms with van der Waals surface area (Å²) in [5.41, 5.74) is 4.86. The van der Waals surface area contributed by atoms with E-state index >= 15 is 0 Å². The number of benzene rings is 3. The summed E-state index contributed by atoms with van der Waals surface area (Å²) in [7, 11) is 0. The largest absolute Gasteiger partial charge is 0.378 e. The lowest BCUT2D eigenvalue weighted by Crippen LogP contribution is -2.17. The van der Waals surface area contributed by atoms with Crippen LogP contribution >= 0.6 is 11.8 Å². The summed E-state index contributed by atoms with van der Waals surface area (Å²) >= 11 is 1.34. The van der Waals surface area contributed by atoms with Crippen molar-refractivity contribution >= 4 is 29.0 Å². The molecule has 1 amide bonds. The third-order valence-electron chi connectivity index (χ3n) is 5.61. The first-order valence-corrected chi connectivity index (χ1v) is 12.6. The molecule has 0 aliphatic carbocycles. The standard InChI is InChI=1S/C27H28FN5OS/c1-3-19-9-8-10-20(4-2)26(19)30-25(34)18-35-27-32-31-24(33(27)23-11-6-5-7-12-23)17-29-22-15-13-21(28)14-16-22/h5-16,29H,3-4,17-18H2,1-2H3,(H,30,34). The third-order valence-corrected chi connectivity index (χ3v) is 6.53. The smallest absolute Gasteiger partial charge is 0.234 e. The fourth-order valence-corrected chi connectivity index (χ4v) is 4.57. The molecule has 0 radical (unpaired) electrons. The molecule has 6 nitrogen and oxygen atoms in total. The fraction of sp³-hybridized carbons (Fsp3) is 0.222. The first-order chi connectivity index (χ1) is 17.1. The normalized spacial score (nSPS) is 10.8. The van der Waals surface area contributed by atoms with Crippen molar-refractivity contribution in [2.75, 3.05) is 16.4 Å². The van der Waals surface area contributed by atoms with Gasteiger partial charge in [-0.2, -0.15) is 0 Å². The number of halogens is 1. The zero-order chi connectivity index (χ0) is 24.6. The maximum atomic E-state index is 13.2. The molecule has 0 fully saturated rings. The van der Waals surface area contributed by atoms with Gasteiger partial charge in [0.25, 0.3) is 0 Å². The average molecular weight is 490 g/mol. The zero-order valence-electron chi connectivity index (χ0n) is 19.8. The Morgan fingerprint density at radius 2 is 1.60 bits per heavy atom. The van der Waals surface area contributed by atoms with E-state index in [4.69, 9.17) is 0 Å². The van der Waals surface area contributed by atoms with Crippen molar-refractivity contribution in [3.8, 4) is 5.69 Å². The lowest BCUT2D eigenvalue weighted by Gasteiger charge is -2.14. The second-order valence-corrected chi connectivity index (χ2v) is 8.87. The fourth-order valence-electron chi connectivity index (χ4n) is 3.80. The lowest BCUT2D eigenvalue weighted by molar-refractivity contribution is -0.113. The van der Waals surface area contributed by atoms with E-state index in [1.165, 1.54) is 23.9 Å². The van der Waals surface area contributed by atoms with Crippen LogP contribution in [0.2, 0.25) is 0 Å². The highest BCUT2D eigenvalue weighted by Gasteiger charge is 2.17. The van der Waals surface area contributed by atoms with E-state index < -0.39 is 0 Å². The van der Waals surface area contributed by atoms with Crippen LogP contribution in [-0.2, 0) is 24.2 Å². The van der Waals surface area contributed by atoms with Gasteiger partial charge in [-0.1, -0.05) is 62.0 Å². The Hall–Kier alpha value is -3.65. The number of rotatable bonds is 10. The van der Waals surface area contributed by atoms with Crippen molar-refractivity contribution in [1.82, 2.24) is 14.8 Å². The monoisotopic (exact) mass is 489 g/mol. The first kappa shape index (κ1) is 24.5. The van der Waals surface area contributed by atoms with Crippen molar-refractivity contribution < 1.29 is 9.18 Å². The Morgan fingerprint density at radius 3 is 2.26 bits per heavy atom. The van der Waals surface area contributed by atoms with Gasteiger partial charge in [0, 0.05) is 17.1 Å². The molecule has 0 aliphatic rings. The van der Waals surface area contributed by atoms with E-state index in [9.17, 15) is 9.18 Å². The van der Waals surface area contributed by atoms with Gasteiger partial charge in [-0.15, -0.1) is 10.2 Å². The van der Waals surface area contributed by atoms with Crippen molar-refractivity contribution in [3.05, 3.63) is 95.6 Å². The molecular weight excluding hydrogens is 461 g/mol. The number of anilines is 2. The molecule has 4 rings (SSSR count). The van der Waals surface area contributed by atoms with E-state index in [0.717, 1.165) is 41.0 Å². The number of thioether (sulfide) groups is 1. The summed E-state index contributed by atoms with van der Waals surface area (Å²) in [6.07, 6.45) is 1.70. The molecule has 0 atom stereocenters. The molecule has 2 N–H and O–H groups in total. The Labute approximate surface area is 209 Å². The molecule has 0 saturated heterocycles. The van der Waals surface area contributed by atoms with Crippen LogP contribution in [0.5, 0.6) is 0 Å². The SMILES string of the molecule is CCc1cccc(CC)c1NC(=O)CSc1nnc(CNc2ccc(F)cc2)n1-c1ccccc1. The van der Waals surface area contributed by atoms with Crippen LogP contribution in [0.25, 0.3) is 5.69 Å². The first-order valence-electron chi connectivity index (χ1n) is 11.6. The van der Waals surface area contributed by atoms with Gasteiger partial charge < -0.3 is 10.6 Å². The van der Waals surface area contributed by atoms with Gasteiger partial charge in [0.05, 0.1) is 12.3 Å². The van der Waals surface area contributed by atoms with Gasteiger partial charge in [-0.05, 0) is 60.4 Å². The second-order valence-electron chi connectivity index (χ2n) is 7.93. The highest BCUT2D eigenvalue weighted by Crippen LogP contribution is 2.25. The number of aromatic nitrogens is 3. The zero-order valence-corrected chi connectivity index (χ0v) is 20.6. The molecule has 8 heteroatoms. The number of carbonyl (C=O) groups excluding carboxylic acids is 1. The van der Waals surface area contributed by atoms with Crippen LogP contribution in [0.4, 0.5) is 15.8 Å². The molecular formula is C27H28FN5OS. The molecule has 0 aliphatic heterocycles. The lowest BCUT2D eigenvalue weighted by atomic mass is 10.0. The number of para-hydroxylation sites is 2. The quantitative estimate of drug-likeness (QED) is 0.273. The molecule has 0 saturated carbocycles. The van der Waals surface area contributed by atoms with E-state index in [1.54, 1.807) is 12.1 Å². The second kappa shape index (κ2) is 11.7. The van der Waals surface area contributed by atoms with Crippen molar-refractivity contribution in [2.24, 2.45) is 0 Å². The number of hydrogen-bond donors (Lipinski definition) is 2. The third kappa shape index (κ3) is 6.08. The van der Waals surface area contributed by atoms with Gasteiger partial charge >= 0.3 is 0 Å². The van der Waals surface area contributed by atoms with Crippen LogP contribution in [0.15, 0.2) is 78.0 Å². The summed E-state index contributed by atoms with van der Waals surface area (Å²) in [6.45, 7) is 4.57. The number of nitrogens with zero attached hydrogens (tertiary/aromatic N) is 3. The Balaban J connectivity index is 1.50. The van der Waals surface area contributed by atoms with E-state index in [2.05, 4.69) is 34.7 Å². The minimum Gasteiger partial charge on any atom is -0.378 e. The van der Waals surface area contributed by atoms with Gasteiger partial charge in [-0.25, -0.2) is 4.39 Å². The van der Waals surface area contributed by atoms with E-state index in [1.807, 2.05) is 53.1 Å². The Kier molecular flexibility index (Phi) is 8.15. The molecule has 4 aromatic rings. The van der Waals surface area contributed by atoms with Crippen LogP contribution in [0, 0.1) is 5.82 Å². The Morgan fingerprint density at radius 1 is 0.914 bits per heavy atom. The molecule has 35 heavy (non-hydrogen) atoms. The van der Waals surface area contributed by atoms with Crippen LogP contribution in [-0.4, -0.2) is 26.4 Å². The summed E-state index contributed by atoms with van der Waals surface area (Å²) in [6, 6.07) is 22.1. The summed E-state index contributed by atoms with van der Waals surface area (Å²) in [4.78, 5) is 12.9. The van der Waals surface area contributed by atoms with Crippen molar-refractivity contribution in [3.63, 3.8) is 0 Å². The van der Waals surface area contributed by atoms with E-state index in [-0.39, 0.29) is 17.5 Å². The number of nitrogens with one attached hydrogen (secondary N) is 2. The van der Waals surface area contributed by atoms with E-state index in [0.29, 0.717) is 17.5 Å². The molecule has 1 heterocycles. The predicted molar refractivity (Wildman–Crippen MR) is 140 cm³/mol. The van der Waals surface area contributed by atoms with Crippen molar-refractivity contribution in [2.45, 2.75) is 38.4 Å². The molecule has 0 unspecified atom stereocenters. The summed E-state index contributed by atoms with van der Waals surface area (Å²) < 4.78 is 15.2. The highest BCUT2D eigenvalue weighted by molar-refractivity contribution is 7.99. The maximum Gasteiger partial charge on any atom is 0.234 e. The molecule has 0 spiro atoms. The molecule has 180 valence electrons. The molecule has 3 aromatic carbocycles. The molecule has 1 aromatic heterocycles. The van der Waals surface area contributed by atoms with Gasteiger partial charge in [0.2, 0.25) is 5.91 Å². The highest BCUT2D eigenvalue weighted by atomic mass is 32.2. The summed E-state index contributed by atoms with van der Waals surface area (Å²) in [5.74, 6) is 0.525. The van der Waals surface area contributed by atoms with Crippen LogP contribution in [0.1, 0.15) is 30.8 Å². The van der Waals surface area contributed by atoms with Gasteiger partial charge in [0.1, 0.15) is 5.82 Å². The number of carbonyl (C=O) groups is 1. The average Bonchev–Trinajstić information content (AvgIpc) is 3.30. The summed E-state index contributed by atoms with van der Waals surface area (Å²) in [5, 5.41) is 15.7. The maximum absolute atomic E-state index is 13.2. The molecule has 0 bridgehead atoms. The predicted octanol–water partition coefficient (Wildman–Crippen LogP) is 5.87. The minimum atomic E-state index is -0.285. The number of amides is 1. The number of aryl methyl sites for hydroxylation is 2. The van der Waals surface area contributed by atoms with Crippen LogP contribution in [0.3, 0.4) is 0 Å². The Bertz CT molecular complexity index is 1250.